The van der Waals surface area contributed by atoms with Crippen LogP contribution in [0.25, 0.3) is 22.6 Å². The molecule has 2 N–H and O–H groups in total. The summed E-state index contributed by atoms with van der Waals surface area (Å²) in [6, 6.07) is 11.8. The van der Waals surface area contributed by atoms with Crippen molar-refractivity contribution in [2.45, 2.75) is 64.7 Å². The largest absolute Gasteiger partial charge is 0.495 e. The van der Waals surface area contributed by atoms with Gasteiger partial charge in [-0.1, -0.05) is 19.9 Å². The van der Waals surface area contributed by atoms with Crippen LogP contribution >= 0.6 is 12.2 Å². The van der Waals surface area contributed by atoms with E-state index in [1.54, 1.807) is 7.11 Å². The Hall–Kier alpha value is -2.93. The van der Waals surface area contributed by atoms with Crippen molar-refractivity contribution in [2.75, 3.05) is 12.4 Å². The minimum Gasteiger partial charge on any atom is -0.495 e. The van der Waals surface area contributed by atoms with Gasteiger partial charge in [-0.3, -0.25) is 4.79 Å². The molecule has 4 bridgehead atoms. The molecular formula is C30H35N3O3S. The van der Waals surface area contributed by atoms with Gasteiger partial charge in [-0.15, -0.1) is 0 Å². The van der Waals surface area contributed by atoms with Crippen molar-refractivity contribution in [3.63, 3.8) is 0 Å². The third-order valence-electron chi connectivity index (χ3n) is 8.73. The van der Waals surface area contributed by atoms with Crippen LogP contribution in [0.3, 0.4) is 0 Å². The number of thiocarbonyl (C=S) groups is 1. The van der Waals surface area contributed by atoms with Crippen LogP contribution in [0.5, 0.6) is 5.75 Å². The number of ether oxygens (including phenoxy) is 1. The molecule has 3 aromatic rings. The molecule has 194 valence electrons. The number of anilines is 1. The molecule has 0 spiro atoms. The Morgan fingerprint density at radius 1 is 1.11 bits per heavy atom. The first-order valence-electron chi connectivity index (χ1n) is 13.5. The van der Waals surface area contributed by atoms with Crippen molar-refractivity contribution in [3.05, 3.63) is 42.0 Å². The van der Waals surface area contributed by atoms with E-state index in [2.05, 4.69) is 36.6 Å². The highest BCUT2D eigenvalue weighted by Crippen LogP contribution is 2.61. The van der Waals surface area contributed by atoms with Gasteiger partial charge in [0, 0.05) is 12.0 Å². The monoisotopic (exact) mass is 517 g/mol. The van der Waals surface area contributed by atoms with E-state index in [0.29, 0.717) is 29.7 Å². The minimum absolute atomic E-state index is 0.00878. The van der Waals surface area contributed by atoms with Gasteiger partial charge in [0.25, 0.3) is 0 Å². The summed E-state index contributed by atoms with van der Waals surface area (Å²) in [5.74, 6) is 4.04. The predicted molar refractivity (Wildman–Crippen MR) is 150 cm³/mol. The van der Waals surface area contributed by atoms with Crippen molar-refractivity contribution >= 4 is 40.0 Å². The molecule has 1 heterocycles. The van der Waals surface area contributed by atoms with Crippen LogP contribution in [0, 0.1) is 23.2 Å². The van der Waals surface area contributed by atoms with Crippen molar-refractivity contribution in [3.8, 4) is 17.2 Å². The molecule has 1 aromatic heterocycles. The molecule has 4 saturated carbocycles. The van der Waals surface area contributed by atoms with E-state index in [-0.39, 0.29) is 16.4 Å². The van der Waals surface area contributed by atoms with E-state index in [9.17, 15) is 4.79 Å². The van der Waals surface area contributed by atoms with E-state index in [4.69, 9.17) is 26.4 Å². The number of benzene rings is 2. The molecule has 2 aromatic carbocycles. The first-order valence-corrected chi connectivity index (χ1v) is 13.9. The number of methoxy groups -OCH3 is 1. The van der Waals surface area contributed by atoms with Gasteiger partial charge < -0.3 is 19.8 Å². The maximum absolute atomic E-state index is 13.1. The van der Waals surface area contributed by atoms with E-state index in [1.165, 1.54) is 44.1 Å². The maximum Gasteiger partial charge on any atom is 0.227 e. The highest BCUT2D eigenvalue weighted by Gasteiger charge is 2.51. The quantitative estimate of drug-likeness (QED) is 0.341. The lowest BCUT2D eigenvalue weighted by atomic mass is 9.49. The van der Waals surface area contributed by atoms with Gasteiger partial charge in [0.15, 0.2) is 10.7 Å². The number of hydrogen-bond donors (Lipinski definition) is 2. The molecule has 4 aliphatic rings. The summed E-state index contributed by atoms with van der Waals surface area (Å²) >= 11 is 5.54. The van der Waals surface area contributed by atoms with Crippen LogP contribution in [0.4, 0.5) is 5.69 Å². The lowest BCUT2D eigenvalue weighted by Crippen LogP contribution is -2.48. The molecule has 7 rings (SSSR count). The van der Waals surface area contributed by atoms with Crippen LogP contribution in [-0.2, 0) is 4.79 Å². The van der Waals surface area contributed by atoms with Gasteiger partial charge in [-0.25, -0.2) is 4.98 Å². The predicted octanol–water partition coefficient (Wildman–Crippen LogP) is 7.05. The zero-order valence-electron chi connectivity index (χ0n) is 21.8. The first-order chi connectivity index (χ1) is 17.8. The number of amides is 1. The Balaban J connectivity index is 1.16. The van der Waals surface area contributed by atoms with Gasteiger partial charge in [-0.2, -0.15) is 0 Å². The SMILES string of the molecule is COc1ccc(-c2nc3cc(C(C)C)ccc3o2)cc1NC(=S)NC(=O)CC12CC3CC(CC(C3)C1)C2. The molecule has 4 aliphatic carbocycles. The van der Waals surface area contributed by atoms with Gasteiger partial charge >= 0.3 is 0 Å². The fraction of sp³-hybridized carbons (Fsp3) is 0.500. The lowest BCUT2D eigenvalue weighted by Gasteiger charge is -2.56. The average molecular weight is 518 g/mol. The molecule has 0 atom stereocenters. The highest BCUT2D eigenvalue weighted by atomic mass is 32.1. The summed E-state index contributed by atoms with van der Waals surface area (Å²) < 4.78 is 11.6. The third kappa shape index (κ3) is 4.86. The summed E-state index contributed by atoms with van der Waals surface area (Å²) in [6.07, 6.45) is 8.28. The summed E-state index contributed by atoms with van der Waals surface area (Å²) in [7, 11) is 1.61. The van der Waals surface area contributed by atoms with E-state index in [0.717, 1.165) is 34.4 Å². The lowest BCUT2D eigenvalue weighted by molar-refractivity contribution is -0.127. The number of nitrogens with one attached hydrogen (secondary N) is 2. The molecule has 0 radical (unpaired) electrons. The van der Waals surface area contributed by atoms with E-state index in [1.807, 2.05) is 24.3 Å². The van der Waals surface area contributed by atoms with E-state index >= 15 is 0 Å². The second-order valence-electron chi connectivity index (χ2n) is 11.9. The van der Waals surface area contributed by atoms with Crippen LogP contribution in [0.15, 0.2) is 40.8 Å². The topological polar surface area (TPSA) is 76.4 Å². The average Bonchev–Trinajstić information content (AvgIpc) is 3.26. The van der Waals surface area contributed by atoms with Crippen LogP contribution < -0.4 is 15.4 Å². The Morgan fingerprint density at radius 3 is 2.46 bits per heavy atom. The third-order valence-corrected chi connectivity index (χ3v) is 8.93. The summed E-state index contributed by atoms with van der Waals surface area (Å²) in [4.78, 5) is 17.8. The Kier molecular flexibility index (Phi) is 6.22. The molecule has 0 aliphatic heterocycles. The molecular weight excluding hydrogens is 482 g/mol. The molecule has 37 heavy (non-hydrogen) atoms. The van der Waals surface area contributed by atoms with Gasteiger partial charge in [-0.05, 0) is 116 Å². The normalized spacial score (nSPS) is 26.0. The zero-order chi connectivity index (χ0) is 25.7. The Labute approximate surface area is 223 Å². The second-order valence-corrected chi connectivity index (χ2v) is 12.3. The van der Waals surface area contributed by atoms with Crippen LogP contribution in [0.1, 0.15) is 70.3 Å². The minimum atomic E-state index is 0.00878. The molecule has 1 amide bonds. The number of hydrogen-bond acceptors (Lipinski definition) is 5. The smallest absolute Gasteiger partial charge is 0.227 e. The van der Waals surface area contributed by atoms with Crippen molar-refractivity contribution in [1.82, 2.24) is 10.3 Å². The second kappa shape index (κ2) is 9.43. The standard InChI is InChI=1S/C30H35N3O3S/c1-17(2)21-4-7-26-24(11-21)31-28(36-26)22-5-6-25(35-3)23(12-22)32-29(37)33-27(34)16-30-13-18-8-19(14-30)10-20(9-18)15-30/h4-7,11-12,17-20H,8-10,13-16H2,1-3H3,(H2,32,33,34,37). The molecule has 6 nitrogen and oxygen atoms in total. The van der Waals surface area contributed by atoms with Crippen LogP contribution in [-0.4, -0.2) is 23.1 Å². The van der Waals surface area contributed by atoms with Gasteiger partial charge in [0.05, 0.1) is 12.8 Å². The summed E-state index contributed by atoms with van der Waals surface area (Å²) in [5.41, 5.74) is 4.43. The molecule has 0 saturated heterocycles. The van der Waals surface area contributed by atoms with Crippen LogP contribution in [0.2, 0.25) is 0 Å². The highest BCUT2D eigenvalue weighted by molar-refractivity contribution is 7.80. The zero-order valence-corrected chi connectivity index (χ0v) is 22.6. The first kappa shape index (κ1) is 24.4. The number of nitrogens with zero attached hydrogens (tertiary/aromatic N) is 1. The Morgan fingerprint density at radius 2 is 1.81 bits per heavy atom. The molecule has 0 unspecified atom stereocenters. The fourth-order valence-corrected chi connectivity index (χ4v) is 7.76. The summed E-state index contributed by atoms with van der Waals surface area (Å²) in [6.45, 7) is 4.32. The molecule has 4 fully saturated rings. The maximum atomic E-state index is 13.1. The van der Waals surface area contributed by atoms with Crippen molar-refractivity contribution in [2.24, 2.45) is 23.2 Å². The number of aromatic nitrogens is 1. The molecule has 7 heteroatoms. The Bertz CT molecular complexity index is 1330. The van der Waals surface area contributed by atoms with Gasteiger partial charge in [0.1, 0.15) is 11.3 Å². The van der Waals surface area contributed by atoms with Crippen molar-refractivity contribution < 1.29 is 13.9 Å². The van der Waals surface area contributed by atoms with E-state index < -0.39 is 0 Å². The number of oxazole rings is 1. The number of carbonyl (C=O) groups is 1. The summed E-state index contributed by atoms with van der Waals surface area (Å²) in [5, 5.41) is 6.39. The number of rotatable bonds is 6. The van der Waals surface area contributed by atoms with Crippen molar-refractivity contribution in [1.29, 1.82) is 0 Å². The van der Waals surface area contributed by atoms with Gasteiger partial charge in [0.2, 0.25) is 11.8 Å². The fourth-order valence-electron chi connectivity index (χ4n) is 7.54. The number of fused-ring (bicyclic) bond motifs is 1. The number of carbonyl (C=O) groups excluding carboxylic acids is 1.